The smallest absolute Gasteiger partial charge is 0.326 e. The Labute approximate surface area is 143 Å². The van der Waals surface area contributed by atoms with Crippen LogP contribution < -0.4 is 10.6 Å². The lowest BCUT2D eigenvalue weighted by atomic mass is 10.1. The average molecular weight is 350 g/mol. The maximum Gasteiger partial charge on any atom is 0.418 e. The number of alkyl halides is 3. The normalized spacial score (nSPS) is 11.0. The van der Waals surface area contributed by atoms with Gasteiger partial charge in [-0.2, -0.15) is 13.2 Å². The van der Waals surface area contributed by atoms with E-state index in [-0.39, 0.29) is 5.69 Å². The summed E-state index contributed by atoms with van der Waals surface area (Å²) in [6.07, 6.45) is -4.32. The second-order valence-corrected chi connectivity index (χ2v) is 5.37. The molecule has 0 aliphatic rings. The molecule has 0 spiro atoms. The van der Waals surface area contributed by atoms with Crippen LogP contribution in [-0.2, 0) is 22.2 Å². The van der Waals surface area contributed by atoms with Crippen LogP contribution in [0.15, 0.2) is 48.5 Å². The Hall–Kier alpha value is -2.83. The first kappa shape index (κ1) is 18.5. The summed E-state index contributed by atoms with van der Waals surface area (Å²) in [5.74, 6) is -1.43. The summed E-state index contributed by atoms with van der Waals surface area (Å²) in [5, 5.41) is 4.67. The number of benzene rings is 2. The second kappa shape index (κ2) is 7.83. The zero-order valence-corrected chi connectivity index (χ0v) is 13.5. The van der Waals surface area contributed by atoms with E-state index in [1.807, 2.05) is 19.1 Å². The van der Waals surface area contributed by atoms with E-state index in [9.17, 15) is 22.8 Å². The van der Waals surface area contributed by atoms with E-state index in [1.54, 1.807) is 12.1 Å². The molecule has 25 heavy (non-hydrogen) atoms. The third-order valence-corrected chi connectivity index (χ3v) is 3.47. The number of rotatable bonds is 5. The summed E-state index contributed by atoms with van der Waals surface area (Å²) in [6, 6.07) is 11.7. The van der Waals surface area contributed by atoms with E-state index >= 15 is 0 Å². The zero-order valence-electron chi connectivity index (χ0n) is 13.5. The first-order valence-electron chi connectivity index (χ1n) is 7.64. The standard InChI is InChI=1S/C18H17F3N2O2/c1-2-12-7-9-13(10-8-12)22-16(24)11-17(25)23-15-6-4-3-5-14(15)18(19,20)21/h3-10H,2,11H2,1H3,(H,22,24)(H,23,25). The molecule has 0 saturated heterocycles. The highest BCUT2D eigenvalue weighted by Crippen LogP contribution is 2.34. The van der Waals surface area contributed by atoms with Gasteiger partial charge < -0.3 is 10.6 Å². The van der Waals surface area contributed by atoms with Gasteiger partial charge in [0.05, 0.1) is 11.3 Å². The van der Waals surface area contributed by atoms with Crippen molar-refractivity contribution in [3.8, 4) is 0 Å². The van der Waals surface area contributed by atoms with E-state index in [2.05, 4.69) is 10.6 Å². The van der Waals surface area contributed by atoms with Crippen molar-refractivity contribution in [3.05, 3.63) is 59.7 Å². The van der Waals surface area contributed by atoms with Crippen LogP contribution in [0, 0.1) is 0 Å². The topological polar surface area (TPSA) is 58.2 Å². The van der Waals surface area contributed by atoms with Gasteiger partial charge in [-0.05, 0) is 36.2 Å². The van der Waals surface area contributed by atoms with Crippen molar-refractivity contribution in [3.63, 3.8) is 0 Å². The lowest BCUT2D eigenvalue weighted by Gasteiger charge is -2.13. The molecule has 2 aromatic carbocycles. The molecule has 0 aromatic heterocycles. The molecule has 0 bridgehead atoms. The zero-order chi connectivity index (χ0) is 18.4. The number of hydrogen-bond acceptors (Lipinski definition) is 2. The van der Waals surface area contributed by atoms with Crippen LogP contribution in [0.4, 0.5) is 24.5 Å². The fourth-order valence-electron chi connectivity index (χ4n) is 2.21. The fourth-order valence-corrected chi connectivity index (χ4v) is 2.21. The number of nitrogens with one attached hydrogen (secondary N) is 2. The quantitative estimate of drug-likeness (QED) is 0.793. The van der Waals surface area contributed by atoms with Gasteiger partial charge in [0.2, 0.25) is 11.8 Å². The predicted octanol–water partition coefficient (Wildman–Crippen LogP) is 4.24. The fraction of sp³-hybridized carbons (Fsp3) is 0.222. The Kier molecular flexibility index (Phi) is 5.80. The summed E-state index contributed by atoms with van der Waals surface area (Å²) < 4.78 is 38.6. The molecular weight excluding hydrogens is 333 g/mol. The van der Waals surface area contributed by atoms with Crippen LogP contribution in [0.5, 0.6) is 0 Å². The second-order valence-electron chi connectivity index (χ2n) is 5.37. The van der Waals surface area contributed by atoms with E-state index < -0.39 is 30.0 Å². The predicted molar refractivity (Wildman–Crippen MR) is 89.1 cm³/mol. The Bertz CT molecular complexity index is 756. The summed E-state index contributed by atoms with van der Waals surface area (Å²) in [5.41, 5.74) is 0.282. The molecule has 0 aliphatic carbocycles. The maximum absolute atomic E-state index is 12.9. The molecule has 0 atom stereocenters. The Balaban J connectivity index is 1.97. The number of carbonyl (C=O) groups excluding carboxylic acids is 2. The van der Waals surface area contributed by atoms with Gasteiger partial charge in [0.15, 0.2) is 0 Å². The highest BCUT2D eigenvalue weighted by molar-refractivity contribution is 6.08. The van der Waals surface area contributed by atoms with Gasteiger partial charge in [-0.3, -0.25) is 9.59 Å². The molecule has 0 radical (unpaired) electrons. The number of para-hydroxylation sites is 1. The van der Waals surface area contributed by atoms with Crippen LogP contribution in [0.3, 0.4) is 0 Å². The van der Waals surface area contributed by atoms with Gasteiger partial charge in [-0.15, -0.1) is 0 Å². The van der Waals surface area contributed by atoms with E-state index in [0.717, 1.165) is 24.1 Å². The molecule has 0 aliphatic heterocycles. The molecule has 2 aromatic rings. The molecule has 0 unspecified atom stereocenters. The SMILES string of the molecule is CCc1ccc(NC(=O)CC(=O)Nc2ccccc2C(F)(F)F)cc1. The van der Waals surface area contributed by atoms with Gasteiger partial charge in [0.1, 0.15) is 6.42 Å². The molecule has 4 nitrogen and oxygen atoms in total. The van der Waals surface area contributed by atoms with Crippen LogP contribution in [0.25, 0.3) is 0 Å². The molecular formula is C18H17F3N2O2. The number of aryl methyl sites for hydroxylation is 1. The van der Waals surface area contributed by atoms with Gasteiger partial charge in [0.25, 0.3) is 0 Å². The van der Waals surface area contributed by atoms with Crippen LogP contribution in [0.1, 0.15) is 24.5 Å². The molecule has 0 heterocycles. The maximum atomic E-state index is 12.9. The van der Waals surface area contributed by atoms with Gasteiger partial charge >= 0.3 is 6.18 Å². The van der Waals surface area contributed by atoms with Crippen LogP contribution >= 0.6 is 0 Å². The van der Waals surface area contributed by atoms with Gasteiger partial charge in [-0.1, -0.05) is 31.2 Å². The van der Waals surface area contributed by atoms with Crippen molar-refractivity contribution >= 4 is 23.2 Å². The summed E-state index contributed by atoms with van der Waals surface area (Å²) in [4.78, 5) is 23.7. The van der Waals surface area contributed by atoms with E-state index in [1.165, 1.54) is 12.1 Å². The third kappa shape index (κ3) is 5.34. The molecule has 132 valence electrons. The molecule has 2 N–H and O–H groups in total. The minimum absolute atomic E-state index is 0.375. The van der Waals surface area contributed by atoms with Gasteiger partial charge in [-0.25, -0.2) is 0 Å². The first-order chi connectivity index (χ1) is 11.8. The Morgan fingerprint density at radius 3 is 2.12 bits per heavy atom. The summed E-state index contributed by atoms with van der Waals surface area (Å²) >= 11 is 0. The van der Waals surface area contributed by atoms with Crippen molar-refractivity contribution in [2.75, 3.05) is 10.6 Å². The number of amides is 2. The largest absolute Gasteiger partial charge is 0.418 e. The number of anilines is 2. The highest BCUT2D eigenvalue weighted by atomic mass is 19.4. The Morgan fingerprint density at radius 2 is 1.52 bits per heavy atom. The first-order valence-corrected chi connectivity index (χ1v) is 7.64. The number of halogens is 3. The minimum atomic E-state index is -4.59. The molecule has 0 saturated carbocycles. The van der Waals surface area contributed by atoms with Crippen molar-refractivity contribution in [2.45, 2.75) is 25.9 Å². The summed E-state index contributed by atoms with van der Waals surface area (Å²) in [6.45, 7) is 2.00. The molecule has 2 amide bonds. The van der Waals surface area contributed by atoms with Crippen molar-refractivity contribution < 1.29 is 22.8 Å². The van der Waals surface area contributed by atoms with Gasteiger partial charge in [0, 0.05) is 5.69 Å². The molecule has 2 rings (SSSR count). The number of carbonyl (C=O) groups is 2. The van der Waals surface area contributed by atoms with Crippen molar-refractivity contribution in [2.24, 2.45) is 0 Å². The highest BCUT2D eigenvalue weighted by Gasteiger charge is 2.33. The van der Waals surface area contributed by atoms with Crippen molar-refractivity contribution in [1.29, 1.82) is 0 Å². The van der Waals surface area contributed by atoms with Crippen molar-refractivity contribution in [1.82, 2.24) is 0 Å². The third-order valence-electron chi connectivity index (χ3n) is 3.47. The van der Waals surface area contributed by atoms with Crippen LogP contribution in [0.2, 0.25) is 0 Å². The molecule has 0 fully saturated rings. The number of hydrogen-bond donors (Lipinski definition) is 2. The lowest BCUT2D eigenvalue weighted by molar-refractivity contribution is -0.137. The lowest BCUT2D eigenvalue weighted by Crippen LogP contribution is -2.22. The van der Waals surface area contributed by atoms with E-state index in [4.69, 9.17) is 0 Å². The van der Waals surface area contributed by atoms with Crippen LogP contribution in [-0.4, -0.2) is 11.8 Å². The molecule has 7 heteroatoms. The van der Waals surface area contributed by atoms with E-state index in [0.29, 0.717) is 5.69 Å². The average Bonchev–Trinajstić information content (AvgIpc) is 2.54. The monoisotopic (exact) mass is 350 g/mol. The summed E-state index contributed by atoms with van der Waals surface area (Å²) in [7, 11) is 0. The minimum Gasteiger partial charge on any atom is -0.326 e. The Morgan fingerprint density at radius 1 is 0.920 bits per heavy atom.